The van der Waals surface area contributed by atoms with Gasteiger partial charge in [-0.25, -0.2) is 4.98 Å². The number of aromatic nitrogens is 2. The summed E-state index contributed by atoms with van der Waals surface area (Å²) in [5.41, 5.74) is 1.58. The third-order valence-corrected chi connectivity index (χ3v) is 4.80. The number of hydrogen-bond acceptors (Lipinski definition) is 7. The summed E-state index contributed by atoms with van der Waals surface area (Å²) in [6, 6.07) is 9.23. The maximum absolute atomic E-state index is 11.9. The fourth-order valence-corrected chi connectivity index (χ4v) is 3.34. The first-order valence-electron chi connectivity index (χ1n) is 10.3. The molecular formula is C24H27N5O2. The molecule has 1 aliphatic carbocycles. The van der Waals surface area contributed by atoms with Crippen LogP contribution in [0.1, 0.15) is 51.2 Å². The van der Waals surface area contributed by atoms with E-state index in [1.165, 1.54) is 0 Å². The van der Waals surface area contributed by atoms with E-state index in [4.69, 9.17) is 10.00 Å². The van der Waals surface area contributed by atoms with Crippen LogP contribution in [0.25, 0.3) is 0 Å². The molecule has 0 unspecified atom stereocenters. The largest absolute Gasteiger partial charge is 0.460 e. The lowest BCUT2D eigenvalue weighted by Crippen LogP contribution is -2.29. The van der Waals surface area contributed by atoms with Gasteiger partial charge in [0.05, 0.1) is 23.4 Å². The summed E-state index contributed by atoms with van der Waals surface area (Å²) < 4.78 is 5.38. The number of rotatable bonds is 5. The van der Waals surface area contributed by atoms with Crippen LogP contribution in [0.2, 0.25) is 0 Å². The number of carbonyl (C=O) groups excluding carboxylic acids is 1. The molecule has 1 saturated carbocycles. The molecular weight excluding hydrogens is 390 g/mol. The average Bonchev–Trinajstić information content (AvgIpc) is 2.69. The molecule has 31 heavy (non-hydrogen) atoms. The number of hydrogen-bond donors (Lipinski definition) is 2. The third kappa shape index (κ3) is 6.45. The predicted molar refractivity (Wildman–Crippen MR) is 120 cm³/mol. The van der Waals surface area contributed by atoms with Gasteiger partial charge in [0.1, 0.15) is 11.4 Å². The van der Waals surface area contributed by atoms with Gasteiger partial charge in [-0.2, -0.15) is 10.2 Å². The van der Waals surface area contributed by atoms with Crippen LogP contribution in [-0.4, -0.2) is 28.6 Å². The Balaban J connectivity index is 1.58. The van der Waals surface area contributed by atoms with Gasteiger partial charge >= 0.3 is 5.97 Å². The van der Waals surface area contributed by atoms with E-state index < -0.39 is 5.60 Å². The lowest BCUT2D eigenvalue weighted by molar-refractivity contribution is -0.156. The van der Waals surface area contributed by atoms with E-state index in [9.17, 15) is 4.79 Å². The molecule has 1 aromatic heterocycles. The Kier molecular flexibility index (Phi) is 6.77. The highest BCUT2D eigenvalue weighted by molar-refractivity contribution is 5.70. The SMILES string of the molecule is CNc1nc(Nc2cccc(C#N)c2)ncc1C#CC1CC(CC(=O)OC(C)(C)C)C1. The van der Waals surface area contributed by atoms with Crippen molar-refractivity contribution in [3.05, 3.63) is 41.6 Å². The maximum atomic E-state index is 11.9. The van der Waals surface area contributed by atoms with Gasteiger partial charge < -0.3 is 15.4 Å². The summed E-state index contributed by atoms with van der Waals surface area (Å²) in [6.07, 6.45) is 3.93. The van der Waals surface area contributed by atoms with Crippen LogP contribution < -0.4 is 10.6 Å². The number of benzene rings is 1. The highest BCUT2D eigenvalue weighted by Gasteiger charge is 2.31. The fourth-order valence-electron chi connectivity index (χ4n) is 3.34. The standard InChI is InChI=1S/C24H27N5O2/c1-24(2,3)31-21(30)13-18-10-16(11-18)8-9-19-15-27-23(29-22(19)26-4)28-20-7-5-6-17(12-20)14-25/h5-7,12,15-16,18H,10-11,13H2,1-4H3,(H2,26,27,28,29). The summed E-state index contributed by atoms with van der Waals surface area (Å²) in [5.74, 6) is 7.95. The van der Waals surface area contributed by atoms with Crippen LogP contribution in [-0.2, 0) is 9.53 Å². The van der Waals surface area contributed by atoms with Crippen LogP contribution >= 0.6 is 0 Å². The van der Waals surface area contributed by atoms with Gasteiger partial charge in [-0.15, -0.1) is 0 Å². The molecule has 0 saturated heterocycles. The Morgan fingerprint density at radius 1 is 1.32 bits per heavy atom. The van der Waals surface area contributed by atoms with Gasteiger partial charge in [0.2, 0.25) is 5.95 Å². The van der Waals surface area contributed by atoms with Crippen molar-refractivity contribution in [2.75, 3.05) is 17.7 Å². The van der Waals surface area contributed by atoms with Gasteiger partial charge in [-0.3, -0.25) is 4.79 Å². The van der Waals surface area contributed by atoms with Crippen molar-refractivity contribution in [3.8, 4) is 17.9 Å². The van der Waals surface area contributed by atoms with E-state index in [1.54, 1.807) is 31.4 Å². The summed E-state index contributed by atoms with van der Waals surface area (Å²) in [6.45, 7) is 5.64. The zero-order valence-corrected chi connectivity index (χ0v) is 18.3. The Hall–Kier alpha value is -3.58. The van der Waals surface area contributed by atoms with Crippen molar-refractivity contribution in [2.24, 2.45) is 11.8 Å². The van der Waals surface area contributed by atoms with Crippen LogP contribution in [0, 0.1) is 35.0 Å². The van der Waals surface area contributed by atoms with Crippen molar-refractivity contribution in [1.82, 2.24) is 9.97 Å². The summed E-state index contributed by atoms with van der Waals surface area (Å²) in [4.78, 5) is 20.7. The Morgan fingerprint density at radius 3 is 2.77 bits per heavy atom. The van der Waals surface area contributed by atoms with E-state index in [0.717, 1.165) is 24.1 Å². The van der Waals surface area contributed by atoms with Gasteiger partial charge in [0.15, 0.2) is 0 Å². The summed E-state index contributed by atoms with van der Waals surface area (Å²) >= 11 is 0. The molecule has 7 heteroatoms. The van der Waals surface area contributed by atoms with Gasteiger partial charge in [-0.1, -0.05) is 17.9 Å². The molecule has 2 aromatic rings. The van der Waals surface area contributed by atoms with Crippen molar-refractivity contribution < 1.29 is 9.53 Å². The van der Waals surface area contributed by atoms with Crippen molar-refractivity contribution in [3.63, 3.8) is 0 Å². The Labute approximate surface area is 183 Å². The number of esters is 1. The molecule has 0 bridgehead atoms. The minimum Gasteiger partial charge on any atom is -0.460 e. The smallest absolute Gasteiger partial charge is 0.306 e. The van der Waals surface area contributed by atoms with Gasteiger partial charge in [0, 0.05) is 25.1 Å². The molecule has 160 valence electrons. The van der Waals surface area contributed by atoms with Gasteiger partial charge in [-0.05, 0) is 57.7 Å². The molecule has 0 spiro atoms. The van der Waals surface area contributed by atoms with E-state index >= 15 is 0 Å². The maximum Gasteiger partial charge on any atom is 0.306 e. The van der Waals surface area contributed by atoms with E-state index in [2.05, 4.69) is 38.5 Å². The number of nitriles is 1. The third-order valence-electron chi connectivity index (χ3n) is 4.80. The topological polar surface area (TPSA) is 99.9 Å². The van der Waals surface area contributed by atoms with E-state index in [1.807, 2.05) is 26.8 Å². The first-order chi connectivity index (χ1) is 14.8. The second-order valence-electron chi connectivity index (χ2n) is 8.62. The lowest BCUT2D eigenvalue weighted by Gasteiger charge is -2.32. The molecule has 2 N–H and O–H groups in total. The van der Waals surface area contributed by atoms with Crippen LogP contribution in [0.3, 0.4) is 0 Å². The first kappa shape index (κ1) is 22.1. The molecule has 0 radical (unpaired) electrons. The molecule has 0 atom stereocenters. The minimum absolute atomic E-state index is 0.141. The zero-order valence-electron chi connectivity index (χ0n) is 18.3. The average molecular weight is 418 g/mol. The number of anilines is 3. The highest BCUT2D eigenvalue weighted by atomic mass is 16.6. The monoisotopic (exact) mass is 417 g/mol. The molecule has 7 nitrogen and oxygen atoms in total. The predicted octanol–water partition coefficient (Wildman–Crippen LogP) is 4.24. The normalized spacial score (nSPS) is 17.4. The molecule has 1 aliphatic rings. The molecule has 0 aliphatic heterocycles. The fraction of sp³-hybridized carbons (Fsp3) is 0.417. The van der Waals surface area contributed by atoms with Gasteiger partial charge in [0.25, 0.3) is 0 Å². The molecule has 1 aromatic carbocycles. The molecule has 0 amide bonds. The van der Waals surface area contributed by atoms with Crippen molar-refractivity contribution >= 4 is 23.4 Å². The minimum atomic E-state index is -0.441. The van der Waals surface area contributed by atoms with E-state index in [-0.39, 0.29) is 11.9 Å². The van der Waals surface area contributed by atoms with E-state index in [0.29, 0.717) is 29.7 Å². The number of nitrogens with one attached hydrogen (secondary N) is 2. The Bertz CT molecular complexity index is 1050. The number of carbonyl (C=O) groups is 1. The summed E-state index contributed by atoms with van der Waals surface area (Å²) in [5, 5.41) is 15.2. The molecule has 3 rings (SSSR count). The molecule has 1 fully saturated rings. The Morgan fingerprint density at radius 2 is 2.10 bits per heavy atom. The van der Waals surface area contributed by atoms with Crippen molar-refractivity contribution in [1.29, 1.82) is 5.26 Å². The second kappa shape index (κ2) is 9.49. The highest BCUT2D eigenvalue weighted by Crippen LogP contribution is 2.36. The second-order valence-corrected chi connectivity index (χ2v) is 8.62. The number of ether oxygens (including phenoxy) is 1. The molecule has 1 heterocycles. The van der Waals surface area contributed by atoms with Crippen LogP contribution in [0.5, 0.6) is 0 Å². The quantitative estimate of drug-likeness (QED) is 0.554. The van der Waals surface area contributed by atoms with Crippen LogP contribution in [0.4, 0.5) is 17.5 Å². The summed E-state index contributed by atoms with van der Waals surface area (Å²) in [7, 11) is 1.79. The lowest BCUT2D eigenvalue weighted by atomic mass is 9.73. The number of nitrogens with zero attached hydrogens (tertiary/aromatic N) is 3. The zero-order chi connectivity index (χ0) is 22.4. The van der Waals surface area contributed by atoms with Crippen molar-refractivity contribution in [2.45, 2.75) is 45.6 Å². The first-order valence-corrected chi connectivity index (χ1v) is 10.3. The van der Waals surface area contributed by atoms with Crippen LogP contribution in [0.15, 0.2) is 30.5 Å².